The van der Waals surface area contributed by atoms with E-state index in [1.165, 1.54) is 0 Å². The van der Waals surface area contributed by atoms with Gasteiger partial charge in [-0.3, -0.25) is 4.79 Å². The van der Waals surface area contributed by atoms with Gasteiger partial charge in [-0.05, 0) is 25.4 Å². The average molecular weight is 210 g/mol. The Kier molecular flexibility index (Phi) is 3.74. The molecule has 1 heterocycles. The summed E-state index contributed by atoms with van der Waals surface area (Å²) in [5, 5.41) is 5.35. The molecule has 0 saturated carbocycles. The molecule has 1 saturated heterocycles. The summed E-state index contributed by atoms with van der Waals surface area (Å²) < 4.78 is 35.2. The van der Waals surface area contributed by atoms with Crippen LogP contribution in [0, 0.1) is 5.92 Å². The minimum absolute atomic E-state index is 0.271. The summed E-state index contributed by atoms with van der Waals surface area (Å²) in [4.78, 5) is 10.8. The Bertz CT molecular complexity index is 199. The van der Waals surface area contributed by atoms with E-state index in [1.54, 1.807) is 0 Å². The van der Waals surface area contributed by atoms with Crippen molar-refractivity contribution in [2.45, 2.75) is 19.0 Å². The Labute approximate surface area is 80.0 Å². The van der Waals surface area contributed by atoms with Crippen molar-refractivity contribution in [2.24, 2.45) is 5.92 Å². The number of amides is 1. The molecule has 1 rings (SSSR count). The van der Waals surface area contributed by atoms with Crippen LogP contribution in [0.15, 0.2) is 0 Å². The van der Waals surface area contributed by atoms with Crippen molar-refractivity contribution in [1.82, 2.24) is 10.6 Å². The molecule has 82 valence electrons. The highest BCUT2D eigenvalue weighted by Crippen LogP contribution is 2.19. The molecular formula is C8H13F3N2O. The van der Waals surface area contributed by atoms with Crippen molar-refractivity contribution >= 4 is 5.91 Å². The standard InChI is InChI=1S/C8H13F3N2O/c9-8(10,11)3-7(14)13-5-6-1-2-12-4-6/h6,12H,1-5H2,(H,13,14). The van der Waals surface area contributed by atoms with Crippen LogP contribution < -0.4 is 10.6 Å². The SMILES string of the molecule is O=C(CC(F)(F)F)NCC1CCNC1. The summed E-state index contributed by atoms with van der Waals surface area (Å²) in [5.41, 5.74) is 0. The number of nitrogens with one attached hydrogen (secondary N) is 2. The van der Waals surface area contributed by atoms with E-state index in [2.05, 4.69) is 10.6 Å². The van der Waals surface area contributed by atoms with Gasteiger partial charge in [0.05, 0.1) is 0 Å². The maximum Gasteiger partial charge on any atom is 0.397 e. The maximum absolute atomic E-state index is 11.7. The second kappa shape index (κ2) is 4.63. The van der Waals surface area contributed by atoms with E-state index < -0.39 is 18.5 Å². The fraction of sp³-hybridized carbons (Fsp3) is 0.875. The van der Waals surface area contributed by atoms with Gasteiger partial charge in [-0.1, -0.05) is 0 Å². The molecular weight excluding hydrogens is 197 g/mol. The van der Waals surface area contributed by atoms with E-state index in [0.29, 0.717) is 6.54 Å². The minimum atomic E-state index is -4.40. The number of carbonyl (C=O) groups excluding carboxylic acids is 1. The summed E-state index contributed by atoms with van der Waals surface area (Å²) in [7, 11) is 0. The molecule has 1 unspecified atom stereocenters. The predicted octanol–water partition coefficient (Wildman–Crippen LogP) is 0.664. The zero-order valence-corrected chi connectivity index (χ0v) is 7.66. The van der Waals surface area contributed by atoms with Crippen molar-refractivity contribution < 1.29 is 18.0 Å². The number of hydrogen-bond donors (Lipinski definition) is 2. The second-order valence-corrected chi connectivity index (χ2v) is 3.45. The summed E-state index contributed by atoms with van der Waals surface area (Å²) in [5.74, 6) is -0.670. The number of halogens is 3. The predicted molar refractivity (Wildman–Crippen MR) is 44.7 cm³/mol. The molecule has 1 atom stereocenters. The normalized spacial score (nSPS) is 22.4. The van der Waals surface area contributed by atoms with E-state index >= 15 is 0 Å². The number of rotatable bonds is 3. The molecule has 1 aliphatic heterocycles. The number of carbonyl (C=O) groups is 1. The lowest BCUT2D eigenvalue weighted by molar-refractivity contribution is -0.153. The van der Waals surface area contributed by atoms with Crippen LogP contribution in [-0.2, 0) is 4.79 Å². The van der Waals surface area contributed by atoms with E-state index in [4.69, 9.17) is 0 Å². The molecule has 14 heavy (non-hydrogen) atoms. The monoisotopic (exact) mass is 210 g/mol. The molecule has 6 heteroatoms. The maximum atomic E-state index is 11.7. The van der Waals surface area contributed by atoms with Crippen LogP contribution in [0.5, 0.6) is 0 Å². The molecule has 1 fully saturated rings. The van der Waals surface area contributed by atoms with Gasteiger partial charge in [0.25, 0.3) is 0 Å². The lowest BCUT2D eigenvalue weighted by Gasteiger charge is -2.11. The topological polar surface area (TPSA) is 41.1 Å². The Morgan fingerprint density at radius 2 is 2.21 bits per heavy atom. The molecule has 0 aromatic rings. The molecule has 1 amide bonds. The van der Waals surface area contributed by atoms with Gasteiger partial charge in [0.2, 0.25) is 5.91 Å². The molecule has 0 aromatic carbocycles. The first-order valence-corrected chi connectivity index (χ1v) is 4.51. The van der Waals surface area contributed by atoms with Gasteiger partial charge in [-0.25, -0.2) is 0 Å². The average Bonchev–Trinajstić information content (AvgIpc) is 2.49. The zero-order chi connectivity index (χ0) is 10.6. The molecule has 0 radical (unpaired) electrons. The Morgan fingerprint density at radius 3 is 2.71 bits per heavy atom. The van der Waals surface area contributed by atoms with Crippen LogP contribution in [0.2, 0.25) is 0 Å². The van der Waals surface area contributed by atoms with Gasteiger partial charge in [0.1, 0.15) is 6.42 Å². The van der Waals surface area contributed by atoms with Crippen LogP contribution in [0.3, 0.4) is 0 Å². The van der Waals surface area contributed by atoms with Gasteiger partial charge in [0, 0.05) is 6.54 Å². The quantitative estimate of drug-likeness (QED) is 0.718. The molecule has 0 spiro atoms. The lowest BCUT2D eigenvalue weighted by Crippen LogP contribution is -2.33. The molecule has 0 aliphatic carbocycles. The third kappa shape index (κ3) is 4.45. The van der Waals surface area contributed by atoms with Gasteiger partial charge >= 0.3 is 6.18 Å². The van der Waals surface area contributed by atoms with Crippen molar-refractivity contribution in [2.75, 3.05) is 19.6 Å². The Hall–Kier alpha value is -0.780. The van der Waals surface area contributed by atoms with E-state index in [0.717, 1.165) is 19.5 Å². The second-order valence-electron chi connectivity index (χ2n) is 3.45. The first-order chi connectivity index (χ1) is 6.47. The first kappa shape index (κ1) is 11.3. The van der Waals surface area contributed by atoms with Crippen molar-refractivity contribution in [3.63, 3.8) is 0 Å². The smallest absolute Gasteiger partial charge is 0.355 e. The first-order valence-electron chi connectivity index (χ1n) is 4.51. The van der Waals surface area contributed by atoms with E-state index in [9.17, 15) is 18.0 Å². The number of alkyl halides is 3. The third-order valence-corrected chi connectivity index (χ3v) is 2.11. The highest BCUT2D eigenvalue weighted by atomic mass is 19.4. The minimum Gasteiger partial charge on any atom is -0.355 e. The zero-order valence-electron chi connectivity index (χ0n) is 7.66. The fourth-order valence-corrected chi connectivity index (χ4v) is 1.39. The summed E-state index contributed by atoms with van der Waals surface area (Å²) in [6, 6.07) is 0. The summed E-state index contributed by atoms with van der Waals surface area (Å²) in [6.45, 7) is 1.98. The largest absolute Gasteiger partial charge is 0.397 e. The van der Waals surface area contributed by atoms with Crippen molar-refractivity contribution in [1.29, 1.82) is 0 Å². The van der Waals surface area contributed by atoms with E-state index in [-0.39, 0.29) is 5.92 Å². The fourth-order valence-electron chi connectivity index (χ4n) is 1.39. The Balaban J connectivity index is 2.14. The molecule has 1 aliphatic rings. The van der Waals surface area contributed by atoms with Gasteiger partial charge < -0.3 is 10.6 Å². The summed E-state index contributed by atoms with van der Waals surface area (Å²) in [6.07, 6.45) is -4.88. The van der Waals surface area contributed by atoms with Crippen molar-refractivity contribution in [3.05, 3.63) is 0 Å². The van der Waals surface area contributed by atoms with Crippen LogP contribution in [0.25, 0.3) is 0 Å². The Morgan fingerprint density at radius 1 is 1.50 bits per heavy atom. The lowest BCUT2D eigenvalue weighted by atomic mass is 10.1. The molecule has 0 bridgehead atoms. The van der Waals surface area contributed by atoms with Crippen LogP contribution in [-0.4, -0.2) is 31.7 Å². The van der Waals surface area contributed by atoms with Crippen molar-refractivity contribution in [3.8, 4) is 0 Å². The van der Waals surface area contributed by atoms with Gasteiger partial charge in [-0.15, -0.1) is 0 Å². The third-order valence-electron chi connectivity index (χ3n) is 2.11. The number of hydrogen-bond acceptors (Lipinski definition) is 2. The van der Waals surface area contributed by atoms with Crippen LogP contribution >= 0.6 is 0 Å². The van der Waals surface area contributed by atoms with Crippen LogP contribution in [0.4, 0.5) is 13.2 Å². The van der Waals surface area contributed by atoms with E-state index in [1.807, 2.05) is 0 Å². The summed E-state index contributed by atoms with van der Waals surface area (Å²) >= 11 is 0. The molecule has 0 aromatic heterocycles. The molecule has 3 nitrogen and oxygen atoms in total. The highest BCUT2D eigenvalue weighted by Gasteiger charge is 2.31. The molecule has 2 N–H and O–H groups in total. The highest BCUT2D eigenvalue weighted by molar-refractivity contribution is 5.76. The van der Waals surface area contributed by atoms with Gasteiger partial charge in [-0.2, -0.15) is 13.2 Å². The van der Waals surface area contributed by atoms with Crippen LogP contribution in [0.1, 0.15) is 12.8 Å². The van der Waals surface area contributed by atoms with Gasteiger partial charge in [0.15, 0.2) is 0 Å².